The summed E-state index contributed by atoms with van der Waals surface area (Å²) in [6, 6.07) is 0. The van der Waals surface area contributed by atoms with Crippen LogP contribution < -0.4 is 0 Å². The Morgan fingerprint density at radius 3 is 2.29 bits per heavy atom. The summed E-state index contributed by atoms with van der Waals surface area (Å²) in [5.74, 6) is 0. The standard InChI is InChI=1S/C5H6F2/c6-4-2-1-3-5(4)7/h1-2,4-5H,3H2/t4-,5-/m1/s1. The van der Waals surface area contributed by atoms with Crippen molar-refractivity contribution in [2.45, 2.75) is 18.8 Å². The highest BCUT2D eigenvalue weighted by Crippen LogP contribution is 2.16. The second-order valence-corrected chi connectivity index (χ2v) is 1.62. The first kappa shape index (κ1) is 4.75. The molecule has 7 heavy (non-hydrogen) atoms. The Balaban J connectivity index is 2.45. The summed E-state index contributed by atoms with van der Waals surface area (Å²) in [6.45, 7) is 0. The maximum absolute atomic E-state index is 11.9. The van der Waals surface area contributed by atoms with E-state index in [0.717, 1.165) is 0 Å². The first-order valence-corrected chi connectivity index (χ1v) is 2.25. The van der Waals surface area contributed by atoms with Crippen molar-refractivity contribution in [2.24, 2.45) is 0 Å². The lowest BCUT2D eigenvalue weighted by Crippen LogP contribution is -2.06. The fraction of sp³-hybridized carbons (Fsp3) is 0.600. The Labute approximate surface area is 40.8 Å². The topological polar surface area (TPSA) is 0 Å². The smallest absolute Gasteiger partial charge is 0.150 e. The van der Waals surface area contributed by atoms with E-state index in [4.69, 9.17) is 0 Å². The molecule has 0 amide bonds. The molecule has 0 aromatic rings. The second kappa shape index (κ2) is 1.60. The fourth-order valence-corrected chi connectivity index (χ4v) is 0.589. The molecule has 0 heterocycles. The molecule has 0 N–H and O–H groups in total. The van der Waals surface area contributed by atoms with Crippen LogP contribution in [-0.4, -0.2) is 12.3 Å². The lowest BCUT2D eigenvalue weighted by molar-refractivity contribution is 0.221. The molecule has 0 nitrogen and oxygen atoms in total. The van der Waals surface area contributed by atoms with Gasteiger partial charge in [-0.2, -0.15) is 0 Å². The van der Waals surface area contributed by atoms with Crippen LogP contribution in [0.3, 0.4) is 0 Å². The number of rotatable bonds is 0. The monoisotopic (exact) mass is 104 g/mol. The molecule has 0 fully saturated rings. The number of halogens is 2. The Bertz CT molecular complexity index is 88.1. The molecule has 0 saturated heterocycles. The third-order valence-electron chi connectivity index (χ3n) is 1.03. The van der Waals surface area contributed by atoms with Gasteiger partial charge in [-0.1, -0.05) is 12.2 Å². The van der Waals surface area contributed by atoms with Crippen molar-refractivity contribution >= 4 is 0 Å². The average Bonchev–Trinajstić information content (AvgIpc) is 1.91. The Kier molecular flexibility index (Phi) is 1.09. The van der Waals surface area contributed by atoms with Gasteiger partial charge in [-0.15, -0.1) is 0 Å². The van der Waals surface area contributed by atoms with Crippen LogP contribution in [-0.2, 0) is 0 Å². The predicted molar refractivity (Wildman–Crippen MR) is 23.5 cm³/mol. The quantitative estimate of drug-likeness (QED) is 0.410. The van der Waals surface area contributed by atoms with Gasteiger partial charge in [-0.25, -0.2) is 8.78 Å². The molecule has 2 heteroatoms. The van der Waals surface area contributed by atoms with Gasteiger partial charge < -0.3 is 0 Å². The van der Waals surface area contributed by atoms with Crippen molar-refractivity contribution in [1.82, 2.24) is 0 Å². The van der Waals surface area contributed by atoms with Crippen molar-refractivity contribution in [2.75, 3.05) is 0 Å². The van der Waals surface area contributed by atoms with Gasteiger partial charge in [0.05, 0.1) is 0 Å². The zero-order valence-corrected chi connectivity index (χ0v) is 3.77. The first-order valence-electron chi connectivity index (χ1n) is 2.25. The second-order valence-electron chi connectivity index (χ2n) is 1.62. The lowest BCUT2D eigenvalue weighted by atomic mass is 10.3. The highest BCUT2D eigenvalue weighted by Gasteiger charge is 2.20. The molecular formula is C5H6F2. The highest BCUT2D eigenvalue weighted by atomic mass is 19.2. The van der Waals surface area contributed by atoms with Crippen molar-refractivity contribution < 1.29 is 8.78 Å². The van der Waals surface area contributed by atoms with Crippen LogP contribution >= 0.6 is 0 Å². The van der Waals surface area contributed by atoms with E-state index < -0.39 is 12.3 Å². The molecule has 0 aromatic carbocycles. The summed E-state index contributed by atoms with van der Waals surface area (Å²) in [5, 5.41) is 0. The third kappa shape index (κ3) is 0.787. The number of hydrogen-bond donors (Lipinski definition) is 0. The summed E-state index contributed by atoms with van der Waals surface area (Å²) in [6.07, 6.45) is 0.432. The fourth-order valence-electron chi connectivity index (χ4n) is 0.589. The molecule has 1 aliphatic carbocycles. The minimum Gasteiger partial charge on any atom is -0.244 e. The van der Waals surface area contributed by atoms with Gasteiger partial charge in [0.2, 0.25) is 0 Å². The van der Waals surface area contributed by atoms with Gasteiger partial charge in [0.25, 0.3) is 0 Å². The lowest BCUT2D eigenvalue weighted by Gasteiger charge is -1.96. The highest BCUT2D eigenvalue weighted by molar-refractivity contribution is 5.02. The van der Waals surface area contributed by atoms with Crippen LogP contribution in [0.25, 0.3) is 0 Å². The summed E-state index contributed by atoms with van der Waals surface area (Å²) >= 11 is 0. The SMILES string of the molecule is F[C@@H]1C=CC[C@H]1F. The minimum absolute atomic E-state index is 0.251. The summed E-state index contributed by atoms with van der Waals surface area (Å²) in [5.41, 5.74) is 0. The van der Waals surface area contributed by atoms with Crippen LogP contribution in [0.1, 0.15) is 6.42 Å². The number of alkyl halides is 2. The molecular weight excluding hydrogens is 98.1 g/mol. The molecule has 0 bridgehead atoms. The van der Waals surface area contributed by atoms with E-state index in [0.29, 0.717) is 0 Å². The van der Waals surface area contributed by atoms with Crippen LogP contribution in [0.4, 0.5) is 8.78 Å². The zero-order valence-electron chi connectivity index (χ0n) is 3.77. The summed E-state index contributed by atoms with van der Waals surface area (Å²) in [7, 11) is 0. The molecule has 0 unspecified atom stereocenters. The van der Waals surface area contributed by atoms with Gasteiger partial charge in [0.15, 0.2) is 0 Å². The van der Waals surface area contributed by atoms with E-state index in [2.05, 4.69) is 0 Å². The van der Waals surface area contributed by atoms with Crippen molar-refractivity contribution in [3.63, 3.8) is 0 Å². The van der Waals surface area contributed by atoms with Crippen molar-refractivity contribution in [3.8, 4) is 0 Å². The van der Waals surface area contributed by atoms with E-state index in [1.165, 1.54) is 12.2 Å². The molecule has 40 valence electrons. The average molecular weight is 104 g/mol. The van der Waals surface area contributed by atoms with E-state index in [-0.39, 0.29) is 6.42 Å². The molecule has 0 spiro atoms. The van der Waals surface area contributed by atoms with E-state index >= 15 is 0 Å². The minimum atomic E-state index is -1.33. The maximum atomic E-state index is 11.9. The van der Waals surface area contributed by atoms with Crippen LogP contribution in [0.5, 0.6) is 0 Å². The largest absolute Gasteiger partial charge is 0.244 e. The van der Waals surface area contributed by atoms with Crippen LogP contribution in [0, 0.1) is 0 Å². The van der Waals surface area contributed by atoms with Gasteiger partial charge in [-0.05, 0) is 6.42 Å². The van der Waals surface area contributed by atoms with Gasteiger partial charge in [0, 0.05) is 0 Å². The number of hydrogen-bond acceptors (Lipinski definition) is 0. The van der Waals surface area contributed by atoms with Crippen molar-refractivity contribution in [1.29, 1.82) is 0 Å². The van der Waals surface area contributed by atoms with Crippen LogP contribution in [0.2, 0.25) is 0 Å². The molecule has 0 aromatic heterocycles. The molecule has 0 aliphatic heterocycles. The maximum Gasteiger partial charge on any atom is 0.150 e. The number of allylic oxidation sites excluding steroid dienone is 2. The Morgan fingerprint density at radius 1 is 1.43 bits per heavy atom. The Hall–Kier alpha value is -0.400. The summed E-state index contributed by atoms with van der Waals surface area (Å²) in [4.78, 5) is 0. The predicted octanol–water partition coefficient (Wildman–Crippen LogP) is 1.62. The van der Waals surface area contributed by atoms with Crippen LogP contribution in [0.15, 0.2) is 12.2 Å². The normalized spacial score (nSPS) is 39.7. The van der Waals surface area contributed by atoms with E-state index in [1.807, 2.05) is 0 Å². The molecule has 0 saturated carbocycles. The van der Waals surface area contributed by atoms with Gasteiger partial charge >= 0.3 is 0 Å². The van der Waals surface area contributed by atoms with E-state index in [1.54, 1.807) is 0 Å². The van der Waals surface area contributed by atoms with E-state index in [9.17, 15) is 8.78 Å². The molecule has 0 radical (unpaired) electrons. The molecule has 1 rings (SSSR count). The van der Waals surface area contributed by atoms with Crippen molar-refractivity contribution in [3.05, 3.63) is 12.2 Å². The van der Waals surface area contributed by atoms with Gasteiger partial charge in [-0.3, -0.25) is 0 Å². The third-order valence-corrected chi connectivity index (χ3v) is 1.03. The first-order chi connectivity index (χ1) is 3.30. The zero-order chi connectivity index (χ0) is 5.28. The molecule has 2 atom stereocenters. The Morgan fingerprint density at radius 2 is 2.14 bits per heavy atom. The summed E-state index contributed by atoms with van der Waals surface area (Å²) < 4.78 is 23.7. The molecule has 1 aliphatic rings. The van der Waals surface area contributed by atoms with Gasteiger partial charge in [0.1, 0.15) is 12.3 Å².